The van der Waals surface area contributed by atoms with E-state index in [4.69, 9.17) is 4.84 Å². The summed E-state index contributed by atoms with van der Waals surface area (Å²) in [5.41, 5.74) is 1.71. The van der Waals surface area contributed by atoms with Gasteiger partial charge in [0.2, 0.25) is 6.10 Å². The van der Waals surface area contributed by atoms with Crippen molar-refractivity contribution in [2.75, 3.05) is 5.32 Å². The molecule has 12 heteroatoms. The first-order valence-electron chi connectivity index (χ1n) is 10.3. The first-order chi connectivity index (χ1) is 15.2. The van der Waals surface area contributed by atoms with Crippen molar-refractivity contribution >= 4 is 28.5 Å². The Labute approximate surface area is 180 Å². The van der Waals surface area contributed by atoms with E-state index in [9.17, 15) is 18.0 Å². The van der Waals surface area contributed by atoms with Crippen LogP contribution >= 0.6 is 0 Å². The molecule has 2 N–H and O–H groups in total. The SMILES string of the molecule is CCn1cc(C2=NOC(C(=O)Nc3n[nH]c4nc(C(F)(F)F)cc(C5CC5)c34)C2)c(C)n1. The van der Waals surface area contributed by atoms with E-state index >= 15 is 0 Å². The number of aryl methyl sites for hydroxylation is 2. The fraction of sp³-hybridized carbons (Fsp3) is 0.450. The number of pyridine rings is 1. The first kappa shape index (κ1) is 20.5. The number of anilines is 1. The van der Waals surface area contributed by atoms with Gasteiger partial charge in [0.05, 0.1) is 16.8 Å². The minimum Gasteiger partial charge on any atom is -0.382 e. The molecule has 32 heavy (non-hydrogen) atoms. The van der Waals surface area contributed by atoms with Crippen LogP contribution in [0.15, 0.2) is 17.4 Å². The summed E-state index contributed by atoms with van der Waals surface area (Å²) in [7, 11) is 0. The third-order valence-corrected chi connectivity index (χ3v) is 5.65. The molecular formula is C20H20F3N7O2. The molecule has 1 fully saturated rings. The average Bonchev–Trinajstić information content (AvgIpc) is 3.15. The Kier molecular flexibility index (Phi) is 4.68. The molecule has 0 bridgehead atoms. The highest BCUT2D eigenvalue weighted by atomic mass is 19.4. The van der Waals surface area contributed by atoms with Gasteiger partial charge in [-0.15, -0.1) is 0 Å². The molecule has 0 radical (unpaired) electrons. The largest absolute Gasteiger partial charge is 0.433 e. The van der Waals surface area contributed by atoms with E-state index in [0.29, 0.717) is 23.2 Å². The number of fused-ring (bicyclic) bond motifs is 1. The van der Waals surface area contributed by atoms with Crippen LogP contribution in [0.25, 0.3) is 11.0 Å². The number of carbonyl (C=O) groups excluding carboxylic acids is 1. The predicted octanol–water partition coefficient (Wildman–Crippen LogP) is 3.51. The van der Waals surface area contributed by atoms with E-state index in [1.807, 2.05) is 20.0 Å². The van der Waals surface area contributed by atoms with Crippen molar-refractivity contribution in [1.82, 2.24) is 25.0 Å². The summed E-state index contributed by atoms with van der Waals surface area (Å²) in [6, 6.07) is 1.05. The molecule has 168 valence electrons. The first-order valence-corrected chi connectivity index (χ1v) is 10.3. The summed E-state index contributed by atoms with van der Waals surface area (Å²) < 4.78 is 41.5. The van der Waals surface area contributed by atoms with Crippen molar-refractivity contribution in [2.24, 2.45) is 5.16 Å². The monoisotopic (exact) mass is 447 g/mol. The van der Waals surface area contributed by atoms with Gasteiger partial charge in [-0.1, -0.05) is 5.16 Å². The lowest BCUT2D eigenvalue weighted by Gasteiger charge is -2.11. The third kappa shape index (κ3) is 3.59. The van der Waals surface area contributed by atoms with Crippen LogP contribution in [-0.4, -0.2) is 42.7 Å². The Morgan fingerprint density at radius 3 is 2.81 bits per heavy atom. The van der Waals surface area contributed by atoms with Gasteiger partial charge in [0.1, 0.15) is 5.69 Å². The highest BCUT2D eigenvalue weighted by Gasteiger charge is 2.37. The molecule has 1 aliphatic carbocycles. The number of nitrogens with one attached hydrogen (secondary N) is 2. The number of hydrogen-bond acceptors (Lipinski definition) is 6. The number of aromatic nitrogens is 5. The minimum atomic E-state index is -4.57. The van der Waals surface area contributed by atoms with Gasteiger partial charge in [-0.3, -0.25) is 14.6 Å². The van der Waals surface area contributed by atoms with Crippen LogP contribution < -0.4 is 5.32 Å². The average molecular weight is 447 g/mol. The summed E-state index contributed by atoms with van der Waals surface area (Å²) in [4.78, 5) is 21.8. The third-order valence-electron chi connectivity index (χ3n) is 5.65. The number of hydrogen-bond donors (Lipinski definition) is 2. The predicted molar refractivity (Wildman–Crippen MR) is 108 cm³/mol. The van der Waals surface area contributed by atoms with E-state index in [2.05, 4.69) is 30.8 Å². The Hall–Kier alpha value is -3.44. The number of halogens is 3. The highest BCUT2D eigenvalue weighted by Crippen LogP contribution is 2.46. The number of carbonyl (C=O) groups is 1. The van der Waals surface area contributed by atoms with E-state index in [1.165, 1.54) is 0 Å². The van der Waals surface area contributed by atoms with Gasteiger partial charge in [-0.05, 0) is 44.2 Å². The zero-order valence-corrected chi connectivity index (χ0v) is 17.3. The van der Waals surface area contributed by atoms with Crippen molar-refractivity contribution in [1.29, 1.82) is 0 Å². The Balaban J connectivity index is 1.37. The lowest BCUT2D eigenvalue weighted by molar-refractivity contribution is -0.141. The molecule has 4 heterocycles. The molecule has 0 aromatic carbocycles. The number of rotatable bonds is 5. The van der Waals surface area contributed by atoms with Crippen LogP contribution in [0.2, 0.25) is 0 Å². The van der Waals surface area contributed by atoms with E-state index in [-0.39, 0.29) is 23.8 Å². The van der Waals surface area contributed by atoms with Crippen LogP contribution in [0.1, 0.15) is 54.6 Å². The Morgan fingerprint density at radius 2 is 2.16 bits per heavy atom. The topological polar surface area (TPSA) is 110 Å². The lowest BCUT2D eigenvalue weighted by Crippen LogP contribution is -2.28. The van der Waals surface area contributed by atoms with E-state index < -0.39 is 23.9 Å². The van der Waals surface area contributed by atoms with Gasteiger partial charge in [-0.2, -0.15) is 23.4 Å². The maximum atomic E-state index is 13.2. The molecule has 0 saturated heterocycles. The smallest absolute Gasteiger partial charge is 0.382 e. The summed E-state index contributed by atoms with van der Waals surface area (Å²) >= 11 is 0. The molecule has 3 aromatic rings. The molecule has 0 spiro atoms. The Bertz CT molecular complexity index is 1240. The minimum absolute atomic E-state index is 0.00871. The summed E-state index contributed by atoms with van der Waals surface area (Å²) in [6.07, 6.45) is -1.79. The molecule has 1 atom stereocenters. The zero-order valence-electron chi connectivity index (χ0n) is 17.3. The van der Waals surface area contributed by atoms with Crippen LogP contribution in [0.5, 0.6) is 0 Å². The van der Waals surface area contributed by atoms with E-state index in [0.717, 1.165) is 30.2 Å². The highest BCUT2D eigenvalue weighted by molar-refractivity contribution is 6.08. The summed E-state index contributed by atoms with van der Waals surface area (Å²) in [5.74, 6) is -0.356. The Morgan fingerprint density at radius 1 is 1.38 bits per heavy atom. The quantitative estimate of drug-likeness (QED) is 0.622. The fourth-order valence-electron chi connectivity index (χ4n) is 3.85. The van der Waals surface area contributed by atoms with Crippen molar-refractivity contribution in [3.63, 3.8) is 0 Å². The normalized spacial score (nSPS) is 18.7. The van der Waals surface area contributed by atoms with Crippen LogP contribution in [0.4, 0.5) is 19.0 Å². The number of nitrogens with zero attached hydrogens (tertiary/aromatic N) is 5. The summed E-state index contributed by atoms with van der Waals surface area (Å²) in [6.45, 7) is 4.53. The molecule has 1 amide bonds. The van der Waals surface area contributed by atoms with Crippen molar-refractivity contribution < 1.29 is 22.8 Å². The van der Waals surface area contributed by atoms with Gasteiger partial charge >= 0.3 is 6.18 Å². The maximum Gasteiger partial charge on any atom is 0.433 e. The van der Waals surface area contributed by atoms with Crippen molar-refractivity contribution in [3.05, 3.63) is 34.8 Å². The molecule has 1 unspecified atom stereocenters. The van der Waals surface area contributed by atoms with Crippen molar-refractivity contribution in [2.45, 2.75) is 57.9 Å². The van der Waals surface area contributed by atoms with Gasteiger partial charge in [0.15, 0.2) is 11.5 Å². The zero-order chi connectivity index (χ0) is 22.6. The number of oxime groups is 1. The summed E-state index contributed by atoms with van der Waals surface area (Å²) in [5, 5.41) is 18.0. The van der Waals surface area contributed by atoms with Crippen molar-refractivity contribution in [3.8, 4) is 0 Å². The molecule has 1 saturated carbocycles. The number of aromatic amines is 1. The second-order valence-corrected chi connectivity index (χ2v) is 7.97. The molecule has 5 rings (SSSR count). The molecule has 1 aliphatic heterocycles. The van der Waals surface area contributed by atoms with Gasteiger partial charge < -0.3 is 10.2 Å². The van der Waals surface area contributed by atoms with Gasteiger partial charge in [0.25, 0.3) is 5.91 Å². The molecule has 9 nitrogen and oxygen atoms in total. The molecule has 3 aromatic heterocycles. The van der Waals surface area contributed by atoms with Crippen LogP contribution in [0, 0.1) is 6.92 Å². The van der Waals surface area contributed by atoms with Gasteiger partial charge in [0, 0.05) is 24.7 Å². The molecular weight excluding hydrogens is 427 g/mol. The number of H-pyrrole nitrogens is 1. The number of amides is 1. The van der Waals surface area contributed by atoms with Crippen LogP contribution in [-0.2, 0) is 22.4 Å². The second kappa shape index (κ2) is 7.31. The second-order valence-electron chi connectivity index (χ2n) is 7.97. The fourth-order valence-corrected chi connectivity index (χ4v) is 3.85. The van der Waals surface area contributed by atoms with Crippen LogP contribution in [0.3, 0.4) is 0 Å². The molecule has 2 aliphatic rings. The number of alkyl halides is 3. The van der Waals surface area contributed by atoms with E-state index in [1.54, 1.807) is 4.68 Å². The maximum absolute atomic E-state index is 13.2. The standard InChI is InChI=1S/C20H20F3N7O2/c1-3-30-8-12(9(2)28-30)13-7-14(32-29-13)19(31)25-18-16-11(10-4-5-10)6-15(20(21,22)23)24-17(16)26-27-18/h6,8,10,14H,3-5,7H2,1-2H3,(H2,24,25,26,27,31). The lowest BCUT2D eigenvalue weighted by atomic mass is 10.0. The van der Waals surface area contributed by atoms with Gasteiger partial charge in [-0.25, -0.2) is 4.98 Å².